The van der Waals surface area contributed by atoms with Gasteiger partial charge in [0.1, 0.15) is 11.0 Å². The summed E-state index contributed by atoms with van der Waals surface area (Å²) < 4.78 is 1.64. The van der Waals surface area contributed by atoms with Crippen LogP contribution in [0, 0.1) is 17.4 Å². The van der Waals surface area contributed by atoms with E-state index in [1.54, 1.807) is 4.68 Å². The minimum Gasteiger partial charge on any atom is -0.169 e. The van der Waals surface area contributed by atoms with E-state index >= 15 is 0 Å². The fraction of sp³-hybridized carbons (Fsp3) is 0.385. The van der Waals surface area contributed by atoms with Crippen molar-refractivity contribution in [2.24, 2.45) is 5.41 Å². The first kappa shape index (κ1) is 10.7. The Kier molecular flexibility index (Phi) is 2.66. The molecule has 0 saturated heterocycles. The summed E-state index contributed by atoms with van der Waals surface area (Å²) in [5.41, 5.74) is 2.07. The minimum absolute atomic E-state index is 0.226. The Hall–Kier alpha value is -1.82. The summed E-state index contributed by atoms with van der Waals surface area (Å²) in [6.45, 7) is 6.50. The highest BCUT2D eigenvalue weighted by Crippen LogP contribution is 2.17. The maximum atomic E-state index is 4.04. The fourth-order valence-electron chi connectivity index (χ4n) is 1.33. The highest BCUT2D eigenvalue weighted by atomic mass is 15.4. The van der Waals surface area contributed by atoms with Crippen LogP contribution in [0.1, 0.15) is 27.2 Å². The zero-order chi connectivity index (χ0) is 11.6. The maximum Gasteiger partial charge on any atom is 0.114 e. The lowest BCUT2D eigenvalue weighted by Gasteiger charge is -2.12. The molecule has 16 heavy (non-hydrogen) atoms. The summed E-state index contributed by atoms with van der Waals surface area (Å²) in [7, 11) is 0. The SMILES string of the molecule is CC(C)(C)CC#Cn1nnc2ccccc21. The van der Waals surface area contributed by atoms with Crippen molar-refractivity contribution in [3.8, 4) is 12.0 Å². The quantitative estimate of drug-likeness (QED) is 0.630. The van der Waals surface area contributed by atoms with Gasteiger partial charge in [0.25, 0.3) is 0 Å². The van der Waals surface area contributed by atoms with Crippen LogP contribution in [0.25, 0.3) is 11.0 Å². The van der Waals surface area contributed by atoms with Crippen molar-refractivity contribution in [2.75, 3.05) is 0 Å². The smallest absolute Gasteiger partial charge is 0.114 e. The Morgan fingerprint density at radius 1 is 1.25 bits per heavy atom. The second-order valence-electron chi connectivity index (χ2n) is 5.02. The molecular weight excluding hydrogens is 198 g/mol. The van der Waals surface area contributed by atoms with E-state index in [1.807, 2.05) is 24.3 Å². The van der Waals surface area contributed by atoms with Crippen molar-refractivity contribution >= 4 is 11.0 Å². The lowest BCUT2D eigenvalue weighted by Crippen LogP contribution is -2.02. The predicted octanol–water partition coefficient (Wildman–Crippen LogP) is 2.68. The van der Waals surface area contributed by atoms with Crippen LogP contribution in [-0.4, -0.2) is 15.0 Å². The standard InChI is InChI=1S/C13H15N3/c1-13(2,3)9-6-10-16-12-8-5-4-7-11(12)14-15-16/h4-5,7-8H,9H2,1-3H3. The molecular formula is C13H15N3. The molecule has 0 unspecified atom stereocenters. The zero-order valence-electron chi connectivity index (χ0n) is 9.86. The summed E-state index contributed by atoms with van der Waals surface area (Å²) >= 11 is 0. The van der Waals surface area contributed by atoms with Crippen LogP contribution >= 0.6 is 0 Å². The molecule has 3 nitrogen and oxygen atoms in total. The number of rotatable bonds is 0. The third-order valence-corrected chi connectivity index (χ3v) is 2.16. The van der Waals surface area contributed by atoms with Crippen LogP contribution < -0.4 is 0 Å². The molecule has 2 aromatic rings. The number of hydrogen-bond donors (Lipinski definition) is 0. The van der Waals surface area contributed by atoms with Gasteiger partial charge in [-0.2, -0.15) is 4.68 Å². The fourth-order valence-corrected chi connectivity index (χ4v) is 1.33. The molecule has 0 atom stereocenters. The Balaban J connectivity index is 2.28. The van der Waals surface area contributed by atoms with Gasteiger partial charge < -0.3 is 0 Å². The summed E-state index contributed by atoms with van der Waals surface area (Å²) in [4.78, 5) is 0. The first-order valence-electron chi connectivity index (χ1n) is 5.36. The Bertz CT molecular complexity index is 550. The van der Waals surface area contributed by atoms with Crippen LogP contribution in [0.4, 0.5) is 0 Å². The van der Waals surface area contributed by atoms with E-state index in [4.69, 9.17) is 0 Å². The highest BCUT2D eigenvalue weighted by molar-refractivity contribution is 5.74. The molecule has 2 rings (SSSR count). The van der Waals surface area contributed by atoms with Crippen LogP contribution in [0.2, 0.25) is 0 Å². The van der Waals surface area contributed by atoms with E-state index in [0.29, 0.717) is 0 Å². The molecule has 1 heterocycles. The number of fused-ring (bicyclic) bond motifs is 1. The van der Waals surface area contributed by atoms with Crippen molar-refractivity contribution in [3.05, 3.63) is 24.3 Å². The van der Waals surface area contributed by atoms with Gasteiger partial charge in [-0.05, 0) is 17.5 Å². The topological polar surface area (TPSA) is 30.7 Å². The van der Waals surface area contributed by atoms with Gasteiger partial charge in [-0.15, -0.1) is 5.10 Å². The molecule has 1 aromatic heterocycles. The number of para-hydroxylation sites is 1. The van der Waals surface area contributed by atoms with Gasteiger partial charge in [-0.1, -0.05) is 44.0 Å². The Morgan fingerprint density at radius 3 is 2.75 bits per heavy atom. The molecule has 0 aliphatic heterocycles. The molecule has 0 spiro atoms. The zero-order valence-corrected chi connectivity index (χ0v) is 9.86. The minimum atomic E-state index is 0.226. The molecule has 0 radical (unpaired) electrons. The first-order valence-corrected chi connectivity index (χ1v) is 5.36. The normalized spacial score (nSPS) is 11.2. The van der Waals surface area contributed by atoms with Gasteiger partial charge in [0.05, 0.1) is 0 Å². The van der Waals surface area contributed by atoms with Crippen LogP contribution in [-0.2, 0) is 0 Å². The molecule has 0 aliphatic rings. The van der Waals surface area contributed by atoms with Gasteiger partial charge in [0.2, 0.25) is 0 Å². The van der Waals surface area contributed by atoms with E-state index in [-0.39, 0.29) is 5.41 Å². The summed E-state index contributed by atoms with van der Waals surface area (Å²) in [6.07, 6.45) is 0.848. The molecule has 82 valence electrons. The van der Waals surface area contributed by atoms with Crippen molar-refractivity contribution in [1.82, 2.24) is 15.0 Å². The molecule has 0 bridgehead atoms. The van der Waals surface area contributed by atoms with Gasteiger partial charge in [0.15, 0.2) is 0 Å². The van der Waals surface area contributed by atoms with Gasteiger partial charge in [0, 0.05) is 12.5 Å². The summed E-state index contributed by atoms with van der Waals surface area (Å²) in [5, 5.41) is 8.05. The molecule has 0 N–H and O–H groups in total. The van der Waals surface area contributed by atoms with Gasteiger partial charge in [-0.3, -0.25) is 0 Å². The lowest BCUT2D eigenvalue weighted by atomic mass is 9.93. The Labute approximate surface area is 95.5 Å². The van der Waals surface area contributed by atoms with Crippen LogP contribution in [0.3, 0.4) is 0 Å². The van der Waals surface area contributed by atoms with E-state index in [1.165, 1.54) is 0 Å². The highest BCUT2D eigenvalue weighted by Gasteiger charge is 2.07. The predicted molar refractivity (Wildman–Crippen MR) is 64.8 cm³/mol. The number of nitrogens with zero attached hydrogens (tertiary/aromatic N) is 3. The molecule has 0 saturated carbocycles. The molecule has 1 aromatic carbocycles. The van der Waals surface area contributed by atoms with E-state index in [2.05, 4.69) is 43.0 Å². The van der Waals surface area contributed by atoms with Gasteiger partial charge >= 0.3 is 0 Å². The maximum absolute atomic E-state index is 4.04. The average molecular weight is 213 g/mol. The van der Waals surface area contributed by atoms with Crippen molar-refractivity contribution in [3.63, 3.8) is 0 Å². The third kappa shape index (κ3) is 2.40. The Morgan fingerprint density at radius 2 is 2.00 bits per heavy atom. The van der Waals surface area contributed by atoms with E-state index in [0.717, 1.165) is 17.5 Å². The van der Waals surface area contributed by atoms with Gasteiger partial charge in [-0.25, -0.2) is 0 Å². The lowest BCUT2D eigenvalue weighted by molar-refractivity contribution is 0.427. The number of aromatic nitrogens is 3. The van der Waals surface area contributed by atoms with E-state index < -0.39 is 0 Å². The number of hydrogen-bond acceptors (Lipinski definition) is 2. The molecule has 0 aliphatic carbocycles. The second-order valence-corrected chi connectivity index (χ2v) is 5.02. The van der Waals surface area contributed by atoms with Crippen molar-refractivity contribution in [2.45, 2.75) is 27.2 Å². The first-order chi connectivity index (χ1) is 7.56. The molecule has 0 fully saturated rings. The van der Waals surface area contributed by atoms with Crippen molar-refractivity contribution in [1.29, 1.82) is 0 Å². The monoisotopic (exact) mass is 213 g/mol. The second kappa shape index (κ2) is 3.97. The largest absolute Gasteiger partial charge is 0.169 e. The van der Waals surface area contributed by atoms with E-state index in [9.17, 15) is 0 Å². The van der Waals surface area contributed by atoms with Crippen LogP contribution in [0.15, 0.2) is 24.3 Å². The van der Waals surface area contributed by atoms with Crippen LogP contribution in [0.5, 0.6) is 0 Å². The molecule has 3 heteroatoms. The average Bonchev–Trinajstić information content (AvgIpc) is 2.60. The number of benzene rings is 1. The summed E-state index contributed by atoms with van der Waals surface area (Å²) in [5.74, 6) is 3.13. The molecule has 0 amide bonds. The summed E-state index contributed by atoms with van der Waals surface area (Å²) in [6, 6.07) is 10.8. The third-order valence-electron chi connectivity index (χ3n) is 2.16. The van der Waals surface area contributed by atoms with Crippen molar-refractivity contribution < 1.29 is 0 Å².